The molecule has 0 radical (unpaired) electrons. The van der Waals surface area contributed by atoms with E-state index in [0.717, 1.165) is 33.4 Å². The summed E-state index contributed by atoms with van der Waals surface area (Å²) in [4.78, 5) is 23.8. The van der Waals surface area contributed by atoms with Crippen LogP contribution in [0, 0.1) is 0 Å². The number of para-hydroxylation sites is 1. The first-order valence-corrected chi connectivity index (χ1v) is 8.72. The minimum absolute atomic E-state index is 0.0623. The van der Waals surface area contributed by atoms with Gasteiger partial charge in [-0.25, -0.2) is 0 Å². The number of amides is 1. The molecule has 3 heterocycles. The first-order chi connectivity index (χ1) is 13.3. The van der Waals surface area contributed by atoms with Crippen molar-refractivity contribution in [2.24, 2.45) is 0 Å². The Labute approximate surface area is 156 Å². The molecule has 0 aliphatic carbocycles. The number of fused-ring (bicyclic) bond motifs is 2. The Kier molecular flexibility index (Phi) is 3.54. The van der Waals surface area contributed by atoms with Crippen molar-refractivity contribution >= 4 is 34.3 Å². The van der Waals surface area contributed by atoms with Crippen LogP contribution in [0.4, 0.5) is 5.69 Å². The highest BCUT2D eigenvalue weighted by atomic mass is 16.2. The Morgan fingerprint density at radius 3 is 2.56 bits per heavy atom. The van der Waals surface area contributed by atoms with E-state index in [1.807, 2.05) is 66.7 Å². The minimum atomic E-state index is -0.0623. The molecule has 5 rings (SSSR count). The quantitative estimate of drug-likeness (QED) is 0.523. The number of hydrogen-bond donors (Lipinski definition) is 0. The van der Waals surface area contributed by atoms with Crippen molar-refractivity contribution in [3.63, 3.8) is 0 Å². The average Bonchev–Trinajstić information content (AvgIpc) is 3.00. The maximum atomic E-state index is 13.3. The van der Waals surface area contributed by atoms with Crippen LogP contribution in [0.5, 0.6) is 0 Å². The van der Waals surface area contributed by atoms with Crippen LogP contribution in [0.25, 0.3) is 22.7 Å². The lowest BCUT2D eigenvalue weighted by Crippen LogP contribution is -2.22. The van der Waals surface area contributed by atoms with Crippen molar-refractivity contribution < 1.29 is 4.79 Å². The smallest absolute Gasteiger partial charge is 0.263 e. The van der Waals surface area contributed by atoms with Crippen LogP contribution in [0.3, 0.4) is 0 Å². The first-order valence-electron chi connectivity index (χ1n) is 8.72. The van der Waals surface area contributed by atoms with Gasteiger partial charge in [-0.15, -0.1) is 0 Å². The highest BCUT2D eigenvalue weighted by Crippen LogP contribution is 2.39. The molecule has 1 aliphatic rings. The third-order valence-corrected chi connectivity index (χ3v) is 4.73. The average molecular weight is 349 g/mol. The van der Waals surface area contributed by atoms with Crippen LogP contribution in [0.15, 0.2) is 85.3 Å². The zero-order valence-corrected chi connectivity index (χ0v) is 14.4. The van der Waals surface area contributed by atoms with Gasteiger partial charge in [0.05, 0.1) is 22.5 Å². The molecule has 128 valence electrons. The van der Waals surface area contributed by atoms with Crippen LogP contribution in [-0.2, 0) is 0 Å². The molecule has 0 bridgehead atoms. The number of benzene rings is 2. The molecule has 4 nitrogen and oxygen atoms in total. The molecule has 27 heavy (non-hydrogen) atoms. The van der Waals surface area contributed by atoms with Gasteiger partial charge in [-0.2, -0.15) is 0 Å². The largest absolute Gasteiger partial charge is 0.274 e. The van der Waals surface area contributed by atoms with Gasteiger partial charge in [0.2, 0.25) is 0 Å². The second-order valence-corrected chi connectivity index (χ2v) is 6.35. The normalized spacial score (nSPS) is 14.7. The van der Waals surface area contributed by atoms with Crippen LogP contribution >= 0.6 is 0 Å². The van der Waals surface area contributed by atoms with E-state index in [1.165, 1.54) is 0 Å². The van der Waals surface area contributed by atoms with Gasteiger partial charge in [0.25, 0.3) is 5.91 Å². The van der Waals surface area contributed by atoms with E-state index >= 15 is 0 Å². The number of nitrogens with zero attached hydrogens (tertiary/aromatic N) is 3. The summed E-state index contributed by atoms with van der Waals surface area (Å²) >= 11 is 0. The standard InChI is InChI=1S/C23H15N3O/c27-23-18-11-13-24-15-19(18)21(14-16-6-2-1-3-7-16)26(23)20-10-4-8-17-9-5-12-25-22(17)20/h1-15H/b21-14-. The van der Waals surface area contributed by atoms with Gasteiger partial charge in [0, 0.05) is 29.5 Å². The lowest BCUT2D eigenvalue weighted by Gasteiger charge is -2.20. The van der Waals surface area contributed by atoms with E-state index in [9.17, 15) is 4.79 Å². The minimum Gasteiger partial charge on any atom is -0.274 e. The molecule has 4 aromatic rings. The summed E-state index contributed by atoms with van der Waals surface area (Å²) in [7, 11) is 0. The number of rotatable bonds is 2. The van der Waals surface area contributed by atoms with Crippen molar-refractivity contribution in [3.05, 3.63) is 102 Å². The lowest BCUT2D eigenvalue weighted by molar-refractivity contribution is 0.101. The predicted molar refractivity (Wildman–Crippen MR) is 107 cm³/mol. The topological polar surface area (TPSA) is 46.1 Å². The molecule has 4 heteroatoms. The second-order valence-electron chi connectivity index (χ2n) is 6.35. The van der Waals surface area contributed by atoms with Crippen molar-refractivity contribution in [2.75, 3.05) is 4.90 Å². The fourth-order valence-corrected chi connectivity index (χ4v) is 3.49. The van der Waals surface area contributed by atoms with Crippen molar-refractivity contribution in [3.8, 4) is 0 Å². The molecular formula is C23H15N3O. The molecule has 0 unspecified atom stereocenters. The third-order valence-electron chi connectivity index (χ3n) is 4.73. The van der Waals surface area contributed by atoms with E-state index in [-0.39, 0.29) is 5.91 Å². The second kappa shape index (κ2) is 6.18. The lowest BCUT2D eigenvalue weighted by atomic mass is 10.1. The maximum absolute atomic E-state index is 13.3. The van der Waals surface area contributed by atoms with E-state index < -0.39 is 0 Å². The van der Waals surface area contributed by atoms with E-state index in [2.05, 4.69) is 9.97 Å². The SMILES string of the molecule is O=C1c2ccncc2/C(=C/c2ccccc2)N1c1cccc2cccnc12. The van der Waals surface area contributed by atoms with Gasteiger partial charge in [-0.3, -0.25) is 19.7 Å². The highest BCUT2D eigenvalue weighted by Gasteiger charge is 2.34. The molecular weight excluding hydrogens is 334 g/mol. The molecule has 0 fully saturated rings. The number of pyridine rings is 2. The van der Waals surface area contributed by atoms with E-state index in [1.54, 1.807) is 29.6 Å². The van der Waals surface area contributed by atoms with Gasteiger partial charge in [-0.05, 0) is 29.8 Å². The highest BCUT2D eigenvalue weighted by molar-refractivity contribution is 6.26. The molecule has 1 amide bonds. The molecule has 2 aromatic heterocycles. The van der Waals surface area contributed by atoms with Crippen LogP contribution in [0.1, 0.15) is 21.5 Å². The summed E-state index contributed by atoms with van der Waals surface area (Å²) in [5, 5.41) is 0.996. The predicted octanol–water partition coefficient (Wildman–Crippen LogP) is 4.79. The fourth-order valence-electron chi connectivity index (χ4n) is 3.49. The fraction of sp³-hybridized carbons (Fsp3) is 0. The van der Waals surface area contributed by atoms with Crippen molar-refractivity contribution in [1.82, 2.24) is 9.97 Å². The summed E-state index contributed by atoms with van der Waals surface area (Å²) in [6, 6.07) is 21.5. The zero-order chi connectivity index (χ0) is 18.2. The zero-order valence-electron chi connectivity index (χ0n) is 14.4. The number of carbonyl (C=O) groups is 1. The molecule has 0 N–H and O–H groups in total. The van der Waals surface area contributed by atoms with Crippen molar-refractivity contribution in [2.45, 2.75) is 0 Å². The van der Waals surface area contributed by atoms with Crippen LogP contribution < -0.4 is 4.90 Å². The van der Waals surface area contributed by atoms with Gasteiger partial charge in [-0.1, -0.05) is 48.5 Å². The molecule has 1 aliphatic heterocycles. The molecule has 0 saturated carbocycles. The Morgan fingerprint density at radius 1 is 0.815 bits per heavy atom. The van der Waals surface area contributed by atoms with Crippen molar-refractivity contribution in [1.29, 1.82) is 0 Å². The number of carbonyl (C=O) groups excluding carboxylic acids is 1. The molecule has 0 atom stereocenters. The summed E-state index contributed by atoms with van der Waals surface area (Å²) < 4.78 is 0. The third kappa shape index (κ3) is 2.50. The summed E-state index contributed by atoms with van der Waals surface area (Å²) in [5.41, 5.74) is 4.90. The molecule has 0 saturated heterocycles. The van der Waals surface area contributed by atoms with Crippen LogP contribution in [0.2, 0.25) is 0 Å². The van der Waals surface area contributed by atoms with Gasteiger partial charge in [0.15, 0.2) is 0 Å². The maximum Gasteiger partial charge on any atom is 0.263 e. The Bertz CT molecular complexity index is 1190. The van der Waals surface area contributed by atoms with Gasteiger partial charge >= 0.3 is 0 Å². The summed E-state index contributed by atoms with van der Waals surface area (Å²) in [5.74, 6) is -0.0623. The Hall–Kier alpha value is -3.79. The number of hydrogen-bond acceptors (Lipinski definition) is 3. The van der Waals surface area contributed by atoms with Gasteiger partial charge < -0.3 is 0 Å². The van der Waals surface area contributed by atoms with E-state index in [4.69, 9.17) is 0 Å². The van der Waals surface area contributed by atoms with E-state index in [0.29, 0.717) is 5.56 Å². The van der Waals surface area contributed by atoms with Gasteiger partial charge in [0.1, 0.15) is 0 Å². The monoisotopic (exact) mass is 349 g/mol. The Balaban J connectivity index is 1.77. The van der Waals surface area contributed by atoms with Crippen LogP contribution in [-0.4, -0.2) is 15.9 Å². The summed E-state index contributed by atoms with van der Waals surface area (Å²) in [6.07, 6.45) is 7.18. The molecule has 2 aromatic carbocycles. The first kappa shape index (κ1) is 15.5. The molecule has 0 spiro atoms. The summed E-state index contributed by atoms with van der Waals surface area (Å²) in [6.45, 7) is 0. The number of aromatic nitrogens is 2. The number of anilines is 1. The Morgan fingerprint density at radius 2 is 1.67 bits per heavy atom.